The Morgan fingerprint density at radius 1 is 1.15 bits per heavy atom. The molecule has 4 aromatic rings. The maximum Gasteiger partial charge on any atom is 0.335 e. The van der Waals surface area contributed by atoms with E-state index in [1.807, 2.05) is 24.3 Å². The minimum atomic E-state index is -0.944. The van der Waals surface area contributed by atoms with E-state index < -0.39 is 11.8 Å². The molecule has 4 fully saturated rings. The third-order valence-corrected chi connectivity index (χ3v) is 10.4. The number of benzene rings is 2. The van der Waals surface area contributed by atoms with Crippen molar-refractivity contribution >= 4 is 22.8 Å². The minimum Gasteiger partial charge on any atom is -0.478 e. The molecular formula is C35H35FN6O4. The molecule has 10 nitrogen and oxygen atoms in total. The summed E-state index contributed by atoms with van der Waals surface area (Å²) in [4.78, 5) is 26.6. The van der Waals surface area contributed by atoms with Crippen LogP contribution in [0.15, 0.2) is 54.6 Å². The summed E-state index contributed by atoms with van der Waals surface area (Å²) in [5.74, 6) is 1.34. The van der Waals surface area contributed by atoms with Crippen LogP contribution >= 0.6 is 0 Å². The summed E-state index contributed by atoms with van der Waals surface area (Å²) < 4.78 is 28.5. The average molecular weight is 623 g/mol. The van der Waals surface area contributed by atoms with E-state index in [9.17, 15) is 14.3 Å². The van der Waals surface area contributed by atoms with Crippen molar-refractivity contribution in [3.63, 3.8) is 0 Å². The molecule has 0 amide bonds. The molecule has 1 spiro atoms. The average Bonchev–Trinajstić information content (AvgIpc) is 3.79. The van der Waals surface area contributed by atoms with Gasteiger partial charge in [0.15, 0.2) is 0 Å². The number of anilines is 1. The number of carboxylic acid groups (broad SMARTS) is 1. The molecule has 4 atom stereocenters. The largest absolute Gasteiger partial charge is 0.478 e. The molecule has 4 aliphatic rings. The standard InChI is InChI=1S/C35H35FN6O4/c36-28-13-22(16-37)6-7-24(28)20-46-33-5-1-4-31(39-33)42-26-10-9-25-17-40(21-35(25,42)15-26)19-32-38-29-11-8-23(34(43)44)14-30(29)41(32)18-27-3-2-12-45-27/h1,4-8,11,13-14,25-27H,2-3,9-10,12,15,17-21H2,(H,43,44)/t25?,26?,27-,35?/m0/s1. The van der Waals surface area contributed by atoms with Crippen molar-refractivity contribution in [1.29, 1.82) is 5.26 Å². The van der Waals surface area contributed by atoms with Crippen molar-refractivity contribution in [3.05, 3.63) is 82.9 Å². The Kier molecular flexibility index (Phi) is 7.14. The van der Waals surface area contributed by atoms with E-state index >= 15 is 0 Å². The van der Waals surface area contributed by atoms with Crippen LogP contribution in [0.25, 0.3) is 11.0 Å². The number of nitrogens with zero attached hydrogens (tertiary/aromatic N) is 6. The van der Waals surface area contributed by atoms with Gasteiger partial charge in [0.05, 0.1) is 53.0 Å². The first kappa shape index (κ1) is 28.9. The number of aromatic carboxylic acids is 1. The highest BCUT2D eigenvalue weighted by molar-refractivity contribution is 5.92. The molecule has 8 rings (SSSR count). The number of halogens is 1. The number of carbonyl (C=O) groups is 1. The van der Waals surface area contributed by atoms with Crippen molar-refractivity contribution < 1.29 is 23.8 Å². The molecule has 0 radical (unpaired) electrons. The van der Waals surface area contributed by atoms with E-state index in [-0.39, 0.29) is 29.4 Å². The minimum absolute atomic E-state index is 0.0182. The highest BCUT2D eigenvalue weighted by atomic mass is 19.1. The second kappa shape index (κ2) is 11.4. The second-order valence-electron chi connectivity index (χ2n) is 13.1. The monoisotopic (exact) mass is 622 g/mol. The van der Waals surface area contributed by atoms with Gasteiger partial charge in [-0.05, 0) is 74.4 Å². The third kappa shape index (κ3) is 4.96. The predicted octanol–water partition coefficient (Wildman–Crippen LogP) is 5.14. The van der Waals surface area contributed by atoms with Crippen molar-refractivity contribution in [3.8, 4) is 11.9 Å². The zero-order valence-corrected chi connectivity index (χ0v) is 25.4. The summed E-state index contributed by atoms with van der Waals surface area (Å²) in [6.07, 6.45) is 5.51. The van der Waals surface area contributed by atoms with Gasteiger partial charge in [0.25, 0.3) is 0 Å². The summed E-state index contributed by atoms with van der Waals surface area (Å²) in [6.45, 7) is 3.97. The van der Waals surface area contributed by atoms with E-state index in [1.54, 1.807) is 30.3 Å². The Hall–Kier alpha value is -4.53. The molecule has 11 heteroatoms. The Bertz CT molecular complexity index is 1870. The number of rotatable bonds is 9. The molecule has 3 unspecified atom stereocenters. The lowest BCUT2D eigenvalue weighted by Crippen LogP contribution is -2.73. The lowest BCUT2D eigenvalue weighted by Gasteiger charge is -2.64. The summed E-state index contributed by atoms with van der Waals surface area (Å²) in [7, 11) is 0. The van der Waals surface area contributed by atoms with Crippen LogP contribution in [0.5, 0.6) is 5.88 Å². The maximum absolute atomic E-state index is 14.4. The molecule has 4 aliphatic heterocycles. The number of hydrogen-bond acceptors (Lipinski definition) is 8. The zero-order valence-electron chi connectivity index (χ0n) is 25.4. The maximum atomic E-state index is 14.4. The lowest BCUT2D eigenvalue weighted by molar-refractivity contribution is 0.0697. The Balaban J connectivity index is 1.02. The van der Waals surface area contributed by atoms with Crippen molar-refractivity contribution in [1.82, 2.24) is 19.4 Å². The van der Waals surface area contributed by atoms with Crippen LogP contribution in [0.3, 0.4) is 0 Å². The molecule has 2 aromatic carbocycles. The van der Waals surface area contributed by atoms with Crippen LogP contribution in [0.4, 0.5) is 10.2 Å². The molecule has 0 aliphatic carbocycles. The SMILES string of the molecule is N#Cc1ccc(COc2cccc(N3C4CCC5CN(Cc6nc7ccc(C(=O)O)cc7n6C[C@@H]6CCCO6)CC53C4)n2)c(F)c1. The van der Waals surface area contributed by atoms with E-state index in [2.05, 4.69) is 14.4 Å². The van der Waals surface area contributed by atoms with Crippen molar-refractivity contribution in [2.24, 2.45) is 5.92 Å². The van der Waals surface area contributed by atoms with Gasteiger partial charge in [0, 0.05) is 37.4 Å². The molecule has 6 heterocycles. The van der Waals surface area contributed by atoms with E-state index in [0.29, 0.717) is 36.5 Å². The summed E-state index contributed by atoms with van der Waals surface area (Å²) >= 11 is 0. The van der Waals surface area contributed by atoms with Gasteiger partial charge in [-0.3, -0.25) is 4.90 Å². The molecular weight excluding hydrogens is 587 g/mol. The fraction of sp³-hybridized carbons (Fsp3) is 0.429. The van der Waals surface area contributed by atoms with Crippen LogP contribution in [0, 0.1) is 23.1 Å². The smallest absolute Gasteiger partial charge is 0.335 e. The number of ether oxygens (including phenoxy) is 2. The van der Waals surface area contributed by atoms with Gasteiger partial charge in [0.2, 0.25) is 5.88 Å². The number of fused-ring (bicyclic) bond motifs is 2. The first-order valence-corrected chi connectivity index (χ1v) is 16.0. The number of nitriles is 1. The fourth-order valence-electron chi connectivity index (χ4n) is 8.26. The number of imidazole rings is 1. The van der Waals surface area contributed by atoms with Crippen molar-refractivity contribution in [2.75, 3.05) is 24.6 Å². The van der Waals surface area contributed by atoms with Gasteiger partial charge in [-0.25, -0.2) is 14.2 Å². The summed E-state index contributed by atoms with van der Waals surface area (Å²) in [5.41, 5.74) is 2.54. The van der Waals surface area contributed by atoms with Gasteiger partial charge in [0.1, 0.15) is 24.1 Å². The fourth-order valence-corrected chi connectivity index (χ4v) is 8.26. The molecule has 2 bridgehead atoms. The molecule has 2 aromatic heterocycles. The number of piperidine rings is 1. The van der Waals surface area contributed by atoms with E-state index in [0.717, 1.165) is 68.1 Å². The number of hydrogen-bond donors (Lipinski definition) is 1. The van der Waals surface area contributed by atoms with Gasteiger partial charge >= 0.3 is 5.97 Å². The van der Waals surface area contributed by atoms with Crippen LogP contribution in [0.2, 0.25) is 0 Å². The number of pyridine rings is 1. The number of carboxylic acids is 1. The molecule has 1 N–H and O–H groups in total. The normalized spacial score (nSPS) is 25.3. The van der Waals surface area contributed by atoms with Crippen LogP contribution in [0.1, 0.15) is 59.4 Å². The molecule has 46 heavy (non-hydrogen) atoms. The van der Waals surface area contributed by atoms with Crippen LogP contribution in [-0.4, -0.2) is 67.9 Å². The molecule has 0 saturated carbocycles. The van der Waals surface area contributed by atoms with Gasteiger partial charge in [-0.15, -0.1) is 0 Å². The van der Waals surface area contributed by atoms with Crippen LogP contribution in [-0.2, 0) is 24.4 Å². The Morgan fingerprint density at radius 3 is 2.87 bits per heavy atom. The zero-order chi connectivity index (χ0) is 31.4. The first-order chi connectivity index (χ1) is 22.4. The topological polar surface area (TPSA) is 117 Å². The van der Waals surface area contributed by atoms with Gasteiger partial charge in [-0.2, -0.15) is 10.2 Å². The highest BCUT2D eigenvalue weighted by Crippen LogP contribution is 2.56. The van der Waals surface area contributed by atoms with Gasteiger partial charge < -0.3 is 24.0 Å². The number of aromatic nitrogens is 3. The molecule has 4 saturated heterocycles. The predicted molar refractivity (Wildman–Crippen MR) is 167 cm³/mol. The Morgan fingerprint density at radius 2 is 2.07 bits per heavy atom. The summed E-state index contributed by atoms with van der Waals surface area (Å²) in [6, 6.07) is 17.7. The Labute approximate surface area is 266 Å². The lowest BCUT2D eigenvalue weighted by atomic mass is 9.63. The quantitative estimate of drug-likeness (QED) is 0.271. The highest BCUT2D eigenvalue weighted by Gasteiger charge is 2.63. The van der Waals surface area contributed by atoms with Crippen LogP contribution < -0.4 is 9.64 Å². The first-order valence-electron chi connectivity index (χ1n) is 16.0. The second-order valence-corrected chi connectivity index (χ2v) is 13.1. The van der Waals surface area contributed by atoms with Gasteiger partial charge in [-0.1, -0.05) is 12.1 Å². The van der Waals surface area contributed by atoms with E-state index in [1.165, 1.54) is 12.5 Å². The molecule has 236 valence electrons. The van der Waals surface area contributed by atoms with E-state index in [4.69, 9.17) is 24.7 Å². The third-order valence-electron chi connectivity index (χ3n) is 10.4. The van der Waals surface area contributed by atoms with Crippen molar-refractivity contribution in [2.45, 2.75) is 69.5 Å². The summed E-state index contributed by atoms with van der Waals surface area (Å²) in [5, 5.41) is 18.7. The number of likely N-dealkylation sites (tertiary alicyclic amines) is 1.